The van der Waals surface area contributed by atoms with Gasteiger partial charge in [0.05, 0.1) is 0 Å². The molecule has 2 saturated carbocycles. The van der Waals surface area contributed by atoms with E-state index in [9.17, 15) is 4.79 Å². The Kier molecular flexibility index (Phi) is 3.12. The maximum Gasteiger partial charge on any atom is 0.222 e. The number of hydrogen-bond acceptors (Lipinski definition) is 2. The van der Waals surface area contributed by atoms with Gasteiger partial charge in [-0.1, -0.05) is 6.42 Å². The fraction of sp³-hybridized carbons (Fsp3) is 0.929. The summed E-state index contributed by atoms with van der Waals surface area (Å²) in [5.74, 6) is 3.49. The quantitative estimate of drug-likeness (QED) is 0.809. The molecular formula is C14H24N2O. The molecule has 2 aliphatic carbocycles. The van der Waals surface area contributed by atoms with E-state index < -0.39 is 0 Å². The summed E-state index contributed by atoms with van der Waals surface area (Å²) in [6.07, 6.45) is 7.47. The van der Waals surface area contributed by atoms with E-state index in [0.29, 0.717) is 17.7 Å². The number of amides is 1. The van der Waals surface area contributed by atoms with E-state index in [4.69, 9.17) is 5.73 Å². The molecule has 2 N–H and O–H groups in total. The third-order valence-corrected chi connectivity index (χ3v) is 5.29. The zero-order valence-electron chi connectivity index (χ0n) is 10.6. The van der Waals surface area contributed by atoms with Crippen LogP contribution in [0, 0.1) is 23.7 Å². The highest BCUT2D eigenvalue weighted by atomic mass is 16.2. The lowest BCUT2D eigenvalue weighted by atomic mass is 9.86. The van der Waals surface area contributed by atoms with Crippen LogP contribution in [0.15, 0.2) is 0 Å². The molecule has 3 heteroatoms. The Labute approximate surface area is 104 Å². The molecule has 1 heterocycles. The molecule has 0 spiro atoms. The van der Waals surface area contributed by atoms with Gasteiger partial charge in [-0.05, 0) is 55.9 Å². The fourth-order valence-corrected chi connectivity index (χ4v) is 4.23. The van der Waals surface area contributed by atoms with E-state index >= 15 is 0 Å². The van der Waals surface area contributed by atoms with Gasteiger partial charge in [-0.25, -0.2) is 0 Å². The Morgan fingerprint density at radius 1 is 1.24 bits per heavy atom. The molecule has 17 heavy (non-hydrogen) atoms. The fourth-order valence-electron chi connectivity index (χ4n) is 4.23. The van der Waals surface area contributed by atoms with Gasteiger partial charge in [0.1, 0.15) is 0 Å². The topological polar surface area (TPSA) is 46.3 Å². The van der Waals surface area contributed by atoms with Gasteiger partial charge in [0.2, 0.25) is 5.91 Å². The van der Waals surface area contributed by atoms with E-state index in [1.54, 1.807) is 0 Å². The summed E-state index contributed by atoms with van der Waals surface area (Å²) in [4.78, 5) is 14.3. The Bertz CT molecular complexity index is 305. The van der Waals surface area contributed by atoms with Crippen molar-refractivity contribution in [2.75, 3.05) is 19.6 Å². The highest BCUT2D eigenvalue weighted by Crippen LogP contribution is 2.49. The molecule has 3 fully saturated rings. The van der Waals surface area contributed by atoms with Crippen molar-refractivity contribution >= 4 is 5.91 Å². The van der Waals surface area contributed by atoms with Gasteiger partial charge < -0.3 is 10.6 Å². The van der Waals surface area contributed by atoms with Crippen molar-refractivity contribution < 1.29 is 4.79 Å². The van der Waals surface area contributed by atoms with Gasteiger partial charge in [0, 0.05) is 19.5 Å². The maximum atomic E-state index is 12.2. The monoisotopic (exact) mass is 236 g/mol. The maximum absolute atomic E-state index is 12.2. The van der Waals surface area contributed by atoms with Gasteiger partial charge in [-0.15, -0.1) is 0 Å². The molecule has 3 rings (SSSR count). The van der Waals surface area contributed by atoms with Gasteiger partial charge in [0.15, 0.2) is 0 Å². The third-order valence-electron chi connectivity index (χ3n) is 5.29. The van der Waals surface area contributed by atoms with Gasteiger partial charge in [-0.2, -0.15) is 0 Å². The second-order valence-corrected chi connectivity index (χ2v) is 6.37. The first-order valence-corrected chi connectivity index (χ1v) is 7.24. The van der Waals surface area contributed by atoms with E-state index in [2.05, 4.69) is 4.90 Å². The predicted molar refractivity (Wildman–Crippen MR) is 67.3 cm³/mol. The molecule has 0 aromatic rings. The summed E-state index contributed by atoms with van der Waals surface area (Å²) >= 11 is 0. The summed E-state index contributed by atoms with van der Waals surface area (Å²) in [6.45, 7) is 2.59. The van der Waals surface area contributed by atoms with Crippen LogP contribution in [0.25, 0.3) is 0 Å². The summed E-state index contributed by atoms with van der Waals surface area (Å²) in [7, 11) is 0. The highest BCUT2D eigenvalue weighted by Gasteiger charge is 2.41. The first kappa shape index (κ1) is 11.5. The Morgan fingerprint density at radius 3 is 2.71 bits per heavy atom. The van der Waals surface area contributed by atoms with Crippen molar-refractivity contribution in [1.82, 2.24) is 4.90 Å². The summed E-state index contributed by atoms with van der Waals surface area (Å²) in [6, 6.07) is 0. The molecule has 3 nitrogen and oxygen atoms in total. The van der Waals surface area contributed by atoms with Crippen molar-refractivity contribution in [3.05, 3.63) is 0 Å². The Balaban J connectivity index is 1.51. The Morgan fingerprint density at radius 2 is 2.12 bits per heavy atom. The molecule has 0 aromatic heterocycles. The average molecular weight is 236 g/mol. The summed E-state index contributed by atoms with van der Waals surface area (Å²) in [5.41, 5.74) is 5.67. The van der Waals surface area contributed by atoms with Crippen LogP contribution in [0.4, 0.5) is 0 Å². The molecule has 2 bridgehead atoms. The third kappa shape index (κ3) is 2.22. The minimum absolute atomic E-state index is 0.401. The first-order valence-electron chi connectivity index (χ1n) is 7.24. The second-order valence-electron chi connectivity index (χ2n) is 6.37. The lowest BCUT2D eigenvalue weighted by molar-refractivity contribution is -0.131. The number of likely N-dealkylation sites (tertiary alicyclic amines) is 1. The number of nitrogens with two attached hydrogens (primary N) is 1. The van der Waals surface area contributed by atoms with E-state index in [0.717, 1.165) is 44.3 Å². The van der Waals surface area contributed by atoms with Crippen LogP contribution in [-0.2, 0) is 4.79 Å². The van der Waals surface area contributed by atoms with Crippen LogP contribution in [0.3, 0.4) is 0 Å². The lowest BCUT2D eigenvalue weighted by Crippen LogP contribution is -2.32. The molecule has 3 aliphatic rings. The second kappa shape index (κ2) is 4.60. The molecule has 4 unspecified atom stereocenters. The molecule has 0 radical (unpaired) electrons. The van der Waals surface area contributed by atoms with Crippen LogP contribution in [0.1, 0.15) is 38.5 Å². The molecule has 96 valence electrons. The van der Waals surface area contributed by atoms with Crippen LogP contribution >= 0.6 is 0 Å². The van der Waals surface area contributed by atoms with Crippen molar-refractivity contribution in [3.63, 3.8) is 0 Å². The number of rotatable bonds is 3. The standard InChI is InChI=1S/C14H24N2O/c15-8-11-3-4-16(9-11)14(17)7-13-6-10-1-2-12(13)5-10/h10-13H,1-9,15H2. The molecule has 0 aromatic carbocycles. The largest absolute Gasteiger partial charge is 0.342 e. The minimum atomic E-state index is 0.401. The normalized spacial score (nSPS) is 40.2. The SMILES string of the molecule is NCC1CCN(C(=O)CC2CC3CCC2C3)C1. The zero-order valence-corrected chi connectivity index (χ0v) is 10.6. The van der Waals surface area contributed by atoms with Crippen LogP contribution in [0.2, 0.25) is 0 Å². The van der Waals surface area contributed by atoms with Crippen LogP contribution in [0.5, 0.6) is 0 Å². The van der Waals surface area contributed by atoms with Crippen LogP contribution in [-0.4, -0.2) is 30.4 Å². The number of nitrogens with zero attached hydrogens (tertiary/aromatic N) is 1. The number of carbonyl (C=O) groups is 1. The van der Waals surface area contributed by atoms with Crippen molar-refractivity contribution in [2.24, 2.45) is 29.4 Å². The molecule has 4 atom stereocenters. The molecule has 1 saturated heterocycles. The zero-order chi connectivity index (χ0) is 11.8. The van der Waals surface area contributed by atoms with E-state index in [1.807, 2.05) is 0 Å². The van der Waals surface area contributed by atoms with Crippen molar-refractivity contribution in [2.45, 2.75) is 38.5 Å². The lowest BCUT2D eigenvalue weighted by Gasteiger charge is -2.24. The van der Waals surface area contributed by atoms with Crippen molar-refractivity contribution in [3.8, 4) is 0 Å². The average Bonchev–Trinajstić information content (AvgIpc) is 3.04. The van der Waals surface area contributed by atoms with Gasteiger partial charge >= 0.3 is 0 Å². The predicted octanol–water partition coefficient (Wildman–Crippen LogP) is 1.62. The Hall–Kier alpha value is -0.570. The number of fused-ring (bicyclic) bond motifs is 2. The minimum Gasteiger partial charge on any atom is -0.342 e. The summed E-state index contributed by atoms with van der Waals surface area (Å²) in [5, 5.41) is 0. The smallest absolute Gasteiger partial charge is 0.222 e. The van der Waals surface area contributed by atoms with E-state index in [1.165, 1.54) is 25.7 Å². The summed E-state index contributed by atoms with van der Waals surface area (Å²) < 4.78 is 0. The van der Waals surface area contributed by atoms with Crippen LogP contribution < -0.4 is 5.73 Å². The number of carbonyl (C=O) groups excluding carboxylic acids is 1. The number of hydrogen-bond donors (Lipinski definition) is 1. The van der Waals surface area contributed by atoms with E-state index in [-0.39, 0.29) is 0 Å². The van der Waals surface area contributed by atoms with Crippen molar-refractivity contribution in [1.29, 1.82) is 0 Å². The first-order chi connectivity index (χ1) is 8.26. The molecular weight excluding hydrogens is 212 g/mol. The highest BCUT2D eigenvalue weighted by molar-refractivity contribution is 5.76. The molecule has 1 amide bonds. The van der Waals surface area contributed by atoms with Gasteiger partial charge in [-0.3, -0.25) is 4.79 Å². The molecule has 1 aliphatic heterocycles. The van der Waals surface area contributed by atoms with Gasteiger partial charge in [0.25, 0.3) is 0 Å².